The average Bonchev–Trinajstić information content (AvgIpc) is 3.02. The molecule has 20 heavy (non-hydrogen) atoms. The van der Waals surface area contributed by atoms with E-state index >= 15 is 0 Å². The standard InChI is InChI=1S/C15H23N3O2/c1-11(14-3-2-8-20-14)16-15(19)10-18-7-6-12-4-5-13(9-18)17-12/h2-3,8,11-13,17H,4-7,9-10H2,1H3,(H,16,19). The normalized spacial score (nSPS) is 28.1. The van der Waals surface area contributed by atoms with Gasteiger partial charge in [-0.1, -0.05) is 0 Å². The van der Waals surface area contributed by atoms with Crippen molar-refractivity contribution in [2.24, 2.45) is 0 Å². The maximum atomic E-state index is 12.1. The van der Waals surface area contributed by atoms with E-state index in [9.17, 15) is 4.79 Å². The van der Waals surface area contributed by atoms with Crippen molar-refractivity contribution in [2.45, 2.75) is 44.3 Å². The molecule has 2 aliphatic rings. The Morgan fingerprint density at radius 1 is 1.50 bits per heavy atom. The first-order valence-corrected chi connectivity index (χ1v) is 7.52. The van der Waals surface area contributed by atoms with E-state index in [1.807, 2.05) is 19.1 Å². The number of rotatable bonds is 4. The SMILES string of the molecule is CC(NC(=O)CN1CCC2CCC(C1)N2)c1ccco1. The van der Waals surface area contributed by atoms with Crippen LogP contribution in [0.15, 0.2) is 22.8 Å². The van der Waals surface area contributed by atoms with Gasteiger partial charge in [0.15, 0.2) is 0 Å². The minimum atomic E-state index is -0.0703. The molecule has 0 spiro atoms. The molecule has 0 aromatic carbocycles. The molecule has 0 saturated carbocycles. The maximum Gasteiger partial charge on any atom is 0.234 e. The minimum Gasteiger partial charge on any atom is -0.467 e. The first-order valence-electron chi connectivity index (χ1n) is 7.52. The van der Waals surface area contributed by atoms with Gasteiger partial charge in [0, 0.05) is 25.2 Å². The minimum absolute atomic E-state index is 0.0703. The summed E-state index contributed by atoms with van der Waals surface area (Å²) in [7, 11) is 0. The third-order valence-electron chi connectivity index (χ3n) is 4.32. The van der Waals surface area contributed by atoms with Gasteiger partial charge in [0.25, 0.3) is 0 Å². The largest absolute Gasteiger partial charge is 0.467 e. The van der Waals surface area contributed by atoms with Gasteiger partial charge in [-0.15, -0.1) is 0 Å². The monoisotopic (exact) mass is 277 g/mol. The van der Waals surface area contributed by atoms with Crippen molar-refractivity contribution in [1.82, 2.24) is 15.5 Å². The molecule has 110 valence electrons. The lowest BCUT2D eigenvalue weighted by atomic mass is 10.1. The zero-order valence-electron chi connectivity index (χ0n) is 12.0. The molecular formula is C15H23N3O2. The van der Waals surface area contributed by atoms with Crippen molar-refractivity contribution in [3.63, 3.8) is 0 Å². The van der Waals surface area contributed by atoms with Crippen LogP contribution in [-0.2, 0) is 4.79 Å². The first kappa shape index (κ1) is 13.6. The molecule has 3 atom stereocenters. The summed E-state index contributed by atoms with van der Waals surface area (Å²) in [6.07, 6.45) is 5.32. The lowest BCUT2D eigenvalue weighted by Gasteiger charge is -2.24. The highest BCUT2D eigenvalue weighted by Crippen LogP contribution is 2.20. The topological polar surface area (TPSA) is 57.5 Å². The third kappa shape index (κ3) is 3.22. The fraction of sp³-hybridized carbons (Fsp3) is 0.667. The summed E-state index contributed by atoms with van der Waals surface area (Å²) < 4.78 is 5.31. The second-order valence-corrected chi connectivity index (χ2v) is 5.97. The molecule has 2 N–H and O–H groups in total. The van der Waals surface area contributed by atoms with Crippen LogP contribution in [0.4, 0.5) is 0 Å². The molecule has 0 aliphatic carbocycles. The number of hydrogen-bond donors (Lipinski definition) is 2. The number of likely N-dealkylation sites (tertiary alicyclic amines) is 1. The summed E-state index contributed by atoms with van der Waals surface area (Å²) in [5.41, 5.74) is 0. The molecule has 1 aromatic heterocycles. The molecule has 0 radical (unpaired) electrons. The van der Waals surface area contributed by atoms with Crippen molar-refractivity contribution in [3.05, 3.63) is 24.2 Å². The summed E-state index contributed by atoms with van der Waals surface area (Å²) in [6.45, 7) is 4.42. The first-order chi connectivity index (χ1) is 9.70. The molecule has 1 amide bonds. The molecule has 2 aliphatic heterocycles. The predicted octanol–water partition coefficient (Wildman–Crippen LogP) is 1.28. The molecule has 3 heterocycles. The molecule has 3 unspecified atom stereocenters. The summed E-state index contributed by atoms with van der Waals surface area (Å²) in [5, 5.41) is 6.63. The summed E-state index contributed by atoms with van der Waals surface area (Å²) in [6, 6.07) is 4.89. The smallest absolute Gasteiger partial charge is 0.234 e. The van der Waals surface area contributed by atoms with Crippen LogP contribution in [0.5, 0.6) is 0 Å². The highest BCUT2D eigenvalue weighted by molar-refractivity contribution is 5.78. The number of nitrogens with zero attached hydrogens (tertiary/aromatic N) is 1. The molecule has 5 heteroatoms. The lowest BCUT2D eigenvalue weighted by Crippen LogP contribution is -2.42. The van der Waals surface area contributed by atoms with Crippen LogP contribution in [0.1, 0.15) is 38.0 Å². The molecule has 5 nitrogen and oxygen atoms in total. The van der Waals surface area contributed by atoms with Gasteiger partial charge in [-0.2, -0.15) is 0 Å². The number of furan rings is 1. The van der Waals surface area contributed by atoms with E-state index < -0.39 is 0 Å². The highest BCUT2D eigenvalue weighted by atomic mass is 16.3. The summed E-state index contributed by atoms with van der Waals surface area (Å²) in [5.74, 6) is 0.876. The lowest BCUT2D eigenvalue weighted by molar-refractivity contribution is -0.123. The van der Waals surface area contributed by atoms with E-state index in [0.717, 1.165) is 25.3 Å². The molecule has 2 saturated heterocycles. The Kier molecular flexibility index (Phi) is 4.08. The van der Waals surface area contributed by atoms with Gasteiger partial charge in [0.05, 0.1) is 18.8 Å². The number of amides is 1. The van der Waals surface area contributed by atoms with Crippen LogP contribution in [0.25, 0.3) is 0 Å². The quantitative estimate of drug-likeness (QED) is 0.870. The number of nitrogens with one attached hydrogen (secondary N) is 2. The van der Waals surface area contributed by atoms with Gasteiger partial charge in [-0.05, 0) is 38.3 Å². The Morgan fingerprint density at radius 3 is 3.15 bits per heavy atom. The van der Waals surface area contributed by atoms with E-state index in [4.69, 9.17) is 4.42 Å². The summed E-state index contributed by atoms with van der Waals surface area (Å²) in [4.78, 5) is 14.4. The van der Waals surface area contributed by atoms with Gasteiger partial charge >= 0.3 is 0 Å². The Labute approximate surface area is 119 Å². The molecule has 1 aromatic rings. The van der Waals surface area contributed by atoms with Crippen LogP contribution < -0.4 is 10.6 Å². The van der Waals surface area contributed by atoms with Crippen molar-refractivity contribution in [1.29, 1.82) is 0 Å². The molecule has 3 rings (SSSR count). The van der Waals surface area contributed by atoms with Gasteiger partial charge in [0.2, 0.25) is 5.91 Å². The zero-order chi connectivity index (χ0) is 13.9. The zero-order valence-corrected chi connectivity index (χ0v) is 12.0. The van der Waals surface area contributed by atoms with Crippen LogP contribution >= 0.6 is 0 Å². The van der Waals surface area contributed by atoms with Crippen molar-refractivity contribution in [3.8, 4) is 0 Å². The highest BCUT2D eigenvalue weighted by Gasteiger charge is 2.29. The maximum absolute atomic E-state index is 12.1. The van der Waals surface area contributed by atoms with E-state index in [1.54, 1.807) is 6.26 Å². The summed E-state index contributed by atoms with van der Waals surface area (Å²) >= 11 is 0. The van der Waals surface area contributed by atoms with E-state index in [-0.39, 0.29) is 11.9 Å². The molecular weight excluding hydrogens is 254 g/mol. The van der Waals surface area contributed by atoms with Crippen LogP contribution in [0.3, 0.4) is 0 Å². The van der Waals surface area contributed by atoms with Crippen molar-refractivity contribution < 1.29 is 9.21 Å². The second kappa shape index (κ2) is 5.97. The van der Waals surface area contributed by atoms with Gasteiger partial charge in [-0.25, -0.2) is 0 Å². The van der Waals surface area contributed by atoms with Crippen molar-refractivity contribution >= 4 is 5.91 Å². The van der Waals surface area contributed by atoms with Crippen molar-refractivity contribution in [2.75, 3.05) is 19.6 Å². The Hall–Kier alpha value is -1.33. The fourth-order valence-electron chi connectivity index (χ4n) is 3.26. The van der Waals surface area contributed by atoms with E-state index in [2.05, 4.69) is 15.5 Å². The number of carbonyl (C=O) groups excluding carboxylic acids is 1. The Morgan fingerprint density at radius 2 is 2.35 bits per heavy atom. The third-order valence-corrected chi connectivity index (χ3v) is 4.32. The fourth-order valence-corrected chi connectivity index (χ4v) is 3.26. The van der Waals surface area contributed by atoms with E-state index in [0.29, 0.717) is 18.6 Å². The van der Waals surface area contributed by atoms with Gasteiger partial charge in [-0.3, -0.25) is 9.69 Å². The van der Waals surface area contributed by atoms with Gasteiger partial charge in [0.1, 0.15) is 5.76 Å². The predicted molar refractivity (Wildman–Crippen MR) is 76.3 cm³/mol. The Bertz CT molecular complexity index is 446. The van der Waals surface area contributed by atoms with E-state index in [1.165, 1.54) is 12.8 Å². The molecule has 2 bridgehead atoms. The van der Waals surface area contributed by atoms with Crippen LogP contribution in [0.2, 0.25) is 0 Å². The number of hydrogen-bond acceptors (Lipinski definition) is 4. The van der Waals surface area contributed by atoms with Crippen LogP contribution in [-0.4, -0.2) is 42.5 Å². The van der Waals surface area contributed by atoms with Crippen LogP contribution in [0, 0.1) is 0 Å². The number of carbonyl (C=O) groups is 1. The number of fused-ring (bicyclic) bond motifs is 2. The molecule has 2 fully saturated rings. The second-order valence-electron chi connectivity index (χ2n) is 5.97. The van der Waals surface area contributed by atoms with Gasteiger partial charge < -0.3 is 15.1 Å². The average molecular weight is 277 g/mol. The Balaban J connectivity index is 1.49.